The molecule has 0 bridgehead atoms. The smallest absolute Gasteiger partial charge is 0.412 e. The van der Waals surface area contributed by atoms with Crippen LogP contribution >= 0.6 is 11.6 Å². The van der Waals surface area contributed by atoms with E-state index in [1.807, 2.05) is 0 Å². The molecular formula is C29H26ClF3N4O5. The van der Waals surface area contributed by atoms with Crippen LogP contribution in [0.3, 0.4) is 0 Å². The lowest BCUT2D eigenvalue weighted by Gasteiger charge is -2.36. The number of nitrogens with one attached hydrogen (secondary N) is 3. The first-order valence-electron chi connectivity index (χ1n) is 13.0. The molecule has 3 amide bonds. The van der Waals surface area contributed by atoms with E-state index < -0.39 is 42.0 Å². The van der Waals surface area contributed by atoms with Crippen LogP contribution in [0.5, 0.6) is 0 Å². The molecule has 0 radical (unpaired) electrons. The summed E-state index contributed by atoms with van der Waals surface area (Å²) in [4.78, 5) is 38.6. The molecule has 0 saturated carbocycles. The van der Waals surface area contributed by atoms with E-state index in [9.17, 15) is 27.6 Å². The summed E-state index contributed by atoms with van der Waals surface area (Å²) in [5.74, 6) is -0.590. The molecule has 1 spiro atoms. The van der Waals surface area contributed by atoms with Gasteiger partial charge in [0.25, 0.3) is 0 Å². The fourth-order valence-electron chi connectivity index (χ4n) is 5.39. The number of anilines is 2. The Kier molecular flexibility index (Phi) is 8.02. The zero-order valence-corrected chi connectivity index (χ0v) is 22.7. The van der Waals surface area contributed by atoms with Crippen LogP contribution in [0, 0.1) is 0 Å². The van der Waals surface area contributed by atoms with Crippen LogP contribution in [0.2, 0.25) is 5.02 Å². The van der Waals surface area contributed by atoms with Crippen molar-refractivity contribution in [3.63, 3.8) is 0 Å². The maximum Gasteiger partial charge on any atom is 0.412 e. The number of amides is 3. The molecule has 5 rings (SSSR count). The van der Waals surface area contributed by atoms with E-state index in [2.05, 4.69) is 16.0 Å². The Morgan fingerprint density at radius 3 is 2.48 bits per heavy atom. The number of benzene rings is 3. The van der Waals surface area contributed by atoms with Gasteiger partial charge in [0.1, 0.15) is 6.04 Å². The Balaban J connectivity index is 1.44. The Morgan fingerprint density at radius 2 is 1.81 bits per heavy atom. The summed E-state index contributed by atoms with van der Waals surface area (Å²) in [6, 6.07) is 14.7. The molecule has 1 saturated heterocycles. The molecule has 2 aliphatic heterocycles. The summed E-state index contributed by atoms with van der Waals surface area (Å²) in [6.07, 6.45) is -6.65. The fourth-order valence-corrected chi connectivity index (χ4v) is 5.57. The first kappa shape index (κ1) is 29.2. The number of alkyl halides is 3. The lowest BCUT2D eigenvalue weighted by atomic mass is 9.90. The van der Waals surface area contributed by atoms with E-state index in [0.717, 1.165) is 12.1 Å². The number of carbonyl (C=O) groups is 3. The molecule has 2 aliphatic rings. The zero-order valence-electron chi connectivity index (χ0n) is 22.0. The number of carboxylic acid groups (broad SMARTS) is 1. The SMILES string of the molecule is O=C(O)Nc1ccc(C(N[C@@H](Cc2ccccc2)C(=O)N2CC[C@@]3(C2)OC(=O)Nc2ccc(Cl)cc23)C(F)(F)F)cc1. The number of ether oxygens (including phenoxy) is 1. The molecular weight excluding hydrogens is 577 g/mol. The van der Waals surface area contributed by atoms with Crippen molar-refractivity contribution in [1.82, 2.24) is 10.2 Å². The number of hydrogen-bond donors (Lipinski definition) is 4. The summed E-state index contributed by atoms with van der Waals surface area (Å²) in [5, 5.41) is 16.5. The Morgan fingerprint density at radius 1 is 1.10 bits per heavy atom. The molecule has 3 aromatic carbocycles. The average molecular weight is 603 g/mol. The fraction of sp³-hybridized carbons (Fsp3) is 0.276. The van der Waals surface area contributed by atoms with Crippen LogP contribution in [0.15, 0.2) is 72.8 Å². The third kappa shape index (κ3) is 6.29. The van der Waals surface area contributed by atoms with Crippen LogP contribution in [-0.4, -0.2) is 53.4 Å². The zero-order chi connectivity index (χ0) is 30.1. The third-order valence-electron chi connectivity index (χ3n) is 7.31. The van der Waals surface area contributed by atoms with Gasteiger partial charge in [-0.1, -0.05) is 54.1 Å². The molecule has 0 aliphatic carbocycles. The molecule has 42 heavy (non-hydrogen) atoms. The lowest BCUT2D eigenvalue weighted by molar-refractivity contribution is -0.162. The highest BCUT2D eigenvalue weighted by atomic mass is 35.5. The molecule has 3 aromatic rings. The van der Waals surface area contributed by atoms with Crippen molar-refractivity contribution in [1.29, 1.82) is 0 Å². The number of halogens is 4. The molecule has 13 heteroatoms. The number of nitrogens with zero attached hydrogens (tertiary/aromatic N) is 1. The molecule has 4 N–H and O–H groups in total. The van der Waals surface area contributed by atoms with E-state index in [1.54, 1.807) is 48.5 Å². The summed E-state index contributed by atoms with van der Waals surface area (Å²) in [6.45, 7) is 0.0725. The van der Waals surface area contributed by atoms with E-state index in [1.165, 1.54) is 17.0 Å². The molecule has 3 atom stereocenters. The minimum Gasteiger partial charge on any atom is -0.465 e. The van der Waals surface area contributed by atoms with Crippen molar-refractivity contribution in [3.8, 4) is 0 Å². The Hall–Kier alpha value is -4.29. The van der Waals surface area contributed by atoms with Gasteiger partial charge in [-0.2, -0.15) is 13.2 Å². The van der Waals surface area contributed by atoms with E-state index in [-0.39, 0.29) is 37.2 Å². The second-order valence-electron chi connectivity index (χ2n) is 10.1. The second kappa shape index (κ2) is 11.5. The predicted molar refractivity (Wildman–Crippen MR) is 148 cm³/mol. The quantitative estimate of drug-likeness (QED) is 0.266. The van der Waals surface area contributed by atoms with Crippen LogP contribution in [0.25, 0.3) is 0 Å². The van der Waals surface area contributed by atoms with Crippen molar-refractivity contribution in [2.75, 3.05) is 23.7 Å². The van der Waals surface area contributed by atoms with Crippen LogP contribution < -0.4 is 16.0 Å². The molecule has 9 nitrogen and oxygen atoms in total. The van der Waals surface area contributed by atoms with E-state index in [4.69, 9.17) is 21.4 Å². The monoisotopic (exact) mass is 602 g/mol. The number of likely N-dealkylation sites (tertiary alicyclic amines) is 1. The van der Waals surface area contributed by atoms with Gasteiger partial charge in [0.05, 0.1) is 18.3 Å². The minimum absolute atomic E-state index is 0.0435. The molecule has 1 unspecified atom stereocenters. The van der Waals surface area contributed by atoms with Gasteiger partial charge in [-0.05, 0) is 47.9 Å². The van der Waals surface area contributed by atoms with Crippen molar-refractivity contribution >= 4 is 41.1 Å². The molecule has 0 aromatic heterocycles. The Labute approximate surface area is 243 Å². The van der Waals surface area contributed by atoms with Crippen LogP contribution in [0.4, 0.5) is 34.1 Å². The van der Waals surface area contributed by atoms with Gasteiger partial charge in [0, 0.05) is 29.2 Å². The maximum absolute atomic E-state index is 14.4. The number of fused-ring (bicyclic) bond motifs is 2. The van der Waals surface area contributed by atoms with Crippen molar-refractivity contribution in [2.45, 2.75) is 36.7 Å². The highest BCUT2D eigenvalue weighted by Crippen LogP contribution is 2.44. The van der Waals surface area contributed by atoms with Crippen molar-refractivity contribution < 1.29 is 37.4 Å². The predicted octanol–water partition coefficient (Wildman–Crippen LogP) is 5.92. The first-order valence-corrected chi connectivity index (χ1v) is 13.4. The standard InChI is InChI=1S/C29H26ClF3N4O5/c30-19-8-11-22-21(15-19)28(42-27(41)36-22)12-13-37(16-28)25(38)23(14-17-4-2-1-3-5-17)35-24(29(31,32)33)18-6-9-20(10-7-18)34-26(39)40/h1-11,15,23-24,34-35H,12-14,16H2,(H,36,41)(H,39,40)/t23-,24?,28-/m0/s1. The molecule has 2 heterocycles. The summed E-state index contributed by atoms with van der Waals surface area (Å²) in [5.41, 5.74) is 0.417. The number of rotatable bonds is 7. The topological polar surface area (TPSA) is 120 Å². The average Bonchev–Trinajstić information content (AvgIpc) is 3.35. The molecule has 220 valence electrons. The minimum atomic E-state index is -4.79. The summed E-state index contributed by atoms with van der Waals surface area (Å²) in [7, 11) is 0. The van der Waals surface area contributed by atoms with Gasteiger partial charge in [-0.25, -0.2) is 9.59 Å². The lowest BCUT2D eigenvalue weighted by Crippen LogP contribution is -2.52. The van der Waals surface area contributed by atoms with Gasteiger partial charge in [0.2, 0.25) is 5.91 Å². The normalized spacial score (nSPS) is 19.4. The van der Waals surface area contributed by atoms with Gasteiger partial charge in [0.15, 0.2) is 5.60 Å². The van der Waals surface area contributed by atoms with Gasteiger partial charge in [-0.15, -0.1) is 0 Å². The second-order valence-corrected chi connectivity index (χ2v) is 10.6. The van der Waals surface area contributed by atoms with E-state index in [0.29, 0.717) is 21.8 Å². The maximum atomic E-state index is 14.4. The summed E-state index contributed by atoms with van der Waals surface area (Å²) >= 11 is 6.21. The first-order chi connectivity index (χ1) is 19.9. The largest absolute Gasteiger partial charge is 0.465 e. The number of hydrogen-bond acceptors (Lipinski definition) is 5. The highest BCUT2D eigenvalue weighted by Gasteiger charge is 2.50. The number of carbonyl (C=O) groups excluding carboxylic acids is 2. The van der Waals surface area contributed by atoms with E-state index >= 15 is 0 Å². The van der Waals surface area contributed by atoms with Gasteiger partial charge < -0.3 is 14.7 Å². The van der Waals surface area contributed by atoms with Crippen LogP contribution in [-0.2, 0) is 21.6 Å². The highest BCUT2D eigenvalue weighted by molar-refractivity contribution is 6.30. The van der Waals surface area contributed by atoms with Crippen molar-refractivity contribution in [2.24, 2.45) is 0 Å². The third-order valence-corrected chi connectivity index (χ3v) is 7.55. The Bertz CT molecular complexity index is 1490. The van der Waals surface area contributed by atoms with Crippen LogP contribution in [0.1, 0.15) is 29.2 Å². The molecule has 1 fully saturated rings. The summed E-state index contributed by atoms with van der Waals surface area (Å²) < 4.78 is 48.9. The van der Waals surface area contributed by atoms with Crippen molar-refractivity contribution in [3.05, 3.63) is 94.5 Å². The van der Waals surface area contributed by atoms with Gasteiger partial charge in [-0.3, -0.25) is 20.7 Å². The van der Waals surface area contributed by atoms with Gasteiger partial charge >= 0.3 is 18.4 Å².